The third-order valence-corrected chi connectivity index (χ3v) is 7.48. The van der Waals surface area contributed by atoms with E-state index in [-0.39, 0.29) is 43.9 Å². The summed E-state index contributed by atoms with van der Waals surface area (Å²) in [6, 6.07) is 10.1. The lowest BCUT2D eigenvalue weighted by Crippen LogP contribution is -2.19. The molecule has 2 aromatic carbocycles. The fourth-order valence-corrected chi connectivity index (χ4v) is 5.19. The third-order valence-electron chi connectivity index (χ3n) is 4.97. The van der Waals surface area contributed by atoms with E-state index in [4.69, 9.17) is 65.1 Å². The number of oxime groups is 1. The lowest BCUT2D eigenvalue weighted by atomic mass is 10.0. The molecule has 0 bridgehead atoms. The van der Waals surface area contributed by atoms with Crippen molar-refractivity contribution in [2.24, 2.45) is 5.16 Å². The van der Waals surface area contributed by atoms with Gasteiger partial charge in [0, 0.05) is 16.5 Å². The Morgan fingerprint density at radius 3 is 2.47 bits per heavy atom. The second-order valence-corrected chi connectivity index (χ2v) is 9.27. The average molecular weight is 588 g/mol. The number of hydrogen-bond donors (Lipinski definition) is 0. The van der Waals surface area contributed by atoms with Crippen LogP contribution in [0.4, 0.5) is 0 Å². The van der Waals surface area contributed by atoms with Gasteiger partial charge in [0.1, 0.15) is 29.5 Å². The second kappa shape index (κ2) is 11.1. The van der Waals surface area contributed by atoms with Crippen molar-refractivity contribution in [3.05, 3.63) is 78.2 Å². The van der Waals surface area contributed by atoms with Crippen LogP contribution >= 0.6 is 57.9 Å². The quantitative estimate of drug-likeness (QED) is 0.103. The van der Waals surface area contributed by atoms with Gasteiger partial charge in [0.15, 0.2) is 16.4 Å². The van der Waals surface area contributed by atoms with Crippen LogP contribution in [0.2, 0.25) is 20.2 Å². The zero-order valence-corrected chi connectivity index (χ0v) is 22.3. The highest BCUT2D eigenvalue weighted by Crippen LogP contribution is 2.45. The van der Waals surface area contributed by atoms with E-state index in [1.807, 2.05) is 0 Å². The van der Waals surface area contributed by atoms with Gasteiger partial charge in [-0.2, -0.15) is 4.37 Å². The van der Waals surface area contributed by atoms with Crippen molar-refractivity contribution in [1.29, 1.82) is 0 Å². The first kappa shape index (κ1) is 26.2. The molecule has 0 N–H and O–H groups in total. The van der Waals surface area contributed by atoms with Crippen molar-refractivity contribution in [3.63, 3.8) is 0 Å². The Morgan fingerprint density at radius 2 is 1.81 bits per heavy atom. The third kappa shape index (κ3) is 4.89. The first-order valence-electron chi connectivity index (χ1n) is 9.94. The first-order valence-corrected chi connectivity index (χ1v) is 12.2. The van der Waals surface area contributed by atoms with Crippen molar-refractivity contribution >= 4 is 80.6 Å². The number of nitrogens with zero attached hydrogens (tertiary/aromatic N) is 2. The molecule has 0 amide bonds. The fourth-order valence-electron chi connectivity index (χ4n) is 3.36. The molecule has 0 saturated heterocycles. The van der Waals surface area contributed by atoms with E-state index < -0.39 is 11.6 Å². The number of esters is 1. The smallest absolute Gasteiger partial charge is 0.360 e. The Hall–Kier alpha value is -2.82. The Balaban J connectivity index is 1.75. The van der Waals surface area contributed by atoms with Gasteiger partial charge in [-0.3, -0.25) is 0 Å². The summed E-state index contributed by atoms with van der Waals surface area (Å²) >= 11 is 26.1. The number of halogens is 4. The topological polar surface area (TPSA) is 100 Å². The molecule has 0 aliphatic carbocycles. The first-order chi connectivity index (χ1) is 17.3. The maximum absolute atomic E-state index is 12.5. The van der Waals surface area contributed by atoms with Crippen LogP contribution < -0.4 is 10.4 Å². The van der Waals surface area contributed by atoms with Crippen LogP contribution in [0.3, 0.4) is 0 Å². The van der Waals surface area contributed by atoms with Gasteiger partial charge in [0.05, 0.1) is 17.0 Å². The number of benzene rings is 2. The Bertz CT molecular complexity index is 1570. The van der Waals surface area contributed by atoms with Gasteiger partial charge in [-0.25, -0.2) is 9.59 Å². The number of aromatic nitrogens is 1. The number of carbonyl (C=O) groups excluding carboxylic acids is 1. The number of fused-ring (bicyclic) bond motifs is 1. The predicted molar refractivity (Wildman–Crippen MR) is 140 cm³/mol. The van der Waals surface area contributed by atoms with E-state index >= 15 is 0 Å². The molecule has 0 aliphatic heterocycles. The molecule has 4 rings (SSSR count). The molecule has 0 spiro atoms. The van der Waals surface area contributed by atoms with Crippen LogP contribution in [0.5, 0.6) is 5.75 Å². The highest BCUT2D eigenvalue weighted by molar-refractivity contribution is 7.11. The van der Waals surface area contributed by atoms with E-state index in [1.54, 1.807) is 36.4 Å². The van der Waals surface area contributed by atoms with Gasteiger partial charge >= 0.3 is 11.6 Å². The second-order valence-electron chi connectivity index (χ2n) is 7.01. The maximum Gasteiger partial charge on any atom is 0.360 e. The van der Waals surface area contributed by atoms with E-state index in [1.165, 1.54) is 14.2 Å². The summed E-state index contributed by atoms with van der Waals surface area (Å²) in [6.07, 6.45) is 0. The predicted octanol–water partition coefficient (Wildman–Crippen LogP) is 6.63. The molecule has 0 fully saturated rings. The monoisotopic (exact) mass is 586 g/mol. The lowest BCUT2D eigenvalue weighted by molar-refractivity contribution is -0.132. The van der Waals surface area contributed by atoms with Crippen LogP contribution in [0.15, 0.2) is 50.8 Å². The molecule has 2 heterocycles. The zero-order chi connectivity index (χ0) is 26.0. The SMILES string of the molecule is CO/N=C(/C(=O)OC)c1ccccc1COc1ccc2c(-c3snc(Cl)c3Cl)c(Cl)c(=O)oc2c1Cl. The van der Waals surface area contributed by atoms with E-state index in [2.05, 4.69) is 9.53 Å². The number of ether oxygens (including phenoxy) is 2. The highest BCUT2D eigenvalue weighted by Gasteiger charge is 2.24. The molecule has 0 saturated carbocycles. The van der Waals surface area contributed by atoms with Crippen LogP contribution in [-0.2, 0) is 21.0 Å². The molecular weight excluding hydrogens is 574 g/mol. The van der Waals surface area contributed by atoms with Crippen molar-refractivity contribution in [3.8, 4) is 16.2 Å². The van der Waals surface area contributed by atoms with Crippen LogP contribution in [-0.4, -0.2) is 30.3 Å². The number of carbonyl (C=O) groups is 1. The summed E-state index contributed by atoms with van der Waals surface area (Å²) in [7, 11) is 2.56. The van der Waals surface area contributed by atoms with E-state index in [0.29, 0.717) is 27.0 Å². The zero-order valence-electron chi connectivity index (χ0n) is 18.4. The molecular formula is C23H14Cl4N2O6S. The maximum atomic E-state index is 12.5. The van der Waals surface area contributed by atoms with Gasteiger partial charge in [0.2, 0.25) is 0 Å². The minimum atomic E-state index is -0.817. The van der Waals surface area contributed by atoms with Gasteiger partial charge in [-0.05, 0) is 29.2 Å². The molecule has 2 aromatic heterocycles. The summed E-state index contributed by atoms with van der Waals surface area (Å²) < 4.78 is 20.1. The van der Waals surface area contributed by atoms with Crippen LogP contribution in [0, 0.1) is 0 Å². The molecule has 0 unspecified atom stereocenters. The summed E-state index contributed by atoms with van der Waals surface area (Å²) in [4.78, 5) is 29.9. The normalized spacial score (nSPS) is 11.6. The molecule has 8 nitrogen and oxygen atoms in total. The van der Waals surface area contributed by atoms with Gasteiger partial charge in [0.25, 0.3) is 0 Å². The number of hydrogen-bond acceptors (Lipinski definition) is 9. The summed E-state index contributed by atoms with van der Waals surface area (Å²) in [5.74, 6) is -0.465. The minimum Gasteiger partial charge on any atom is -0.487 e. The van der Waals surface area contributed by atoms with Crippen molar-refractivity contribution in [1.82, 2.24) is 4.37 Å². The molecule has 186 valence electrons. The summed E-state index contributed by atoms with van der Waals surface area (Å²) in [5.41, 5.74) is 0.537. The summed E-state index contributed by atoms with van der Waals surface area (Å²) in [6.45, 7) is -0.0118. The number of rotatable bonds is 7. The molecule has 0 atom stereocenters. The minimum absolute atomic E-state index is 0.0118. The van der Waals surface area contributed by atoms with Crippen molar-refractivity contribution < 1.29 is 23.5 Å². The standard InChI is InChI=1S/C23H14Cl4N2O6S/c1-32-23(31)18(28-33-2)11-6-4-3-5-10(11)9-34-13-8-7-12-14(20-17(26)21(27)29-36-20)16(25)22(30)35-19(12)15(13)24/h3-8H,9H2,1-2H3/b28-18+. The van der Waals surface area contributed by atoms with Crippen LogP contribution in [0.25, 0.3) is 21.4 Å². The molecule has 36 heavy (non-hydrogen) atoms. The highest BCUT2D eigenvalue weighted by atomic mass is 35.5. The molecule has 13 heteroatoms. The molecule has 0 aliphatic rings. The Morgan fingerprint density at radius 1 is 1.06 bits per heavy atom. The number of methoxy groups -OCH3 is 1. The van der Waals surface area contributed by atoms with Gasteiger partial charge in [-0.15, -0.1) is 0 Å². The molecule has 0 radical (unpaired) electrons. The van der Waals surface area contributed by atoms with Crippen molar-refractivity contribution in [2.75, 3.05) is 14.2 Å². The largest absolute Gasteiger partial charge is 0.487 e. The van der Waals surface area contributed by atoms with Gasteiger partial charge in [-0.1, -0.05) is 75.8 Å². The van der Waals surface area contributed by atoms with E-state index in [0.717, 1.165) is 11.5 Å². The van der Waals surface area contributed by atoms with Crippen LogP contribution in [0.1, 0.15) is 11.1 Å². The fraction of sp³-hybridized carbons (Fsp3) is 0.130. The Kier molecular flexibility index (Phi) is 8.07. The Labute approximate surface area is 228 Å². The van der Waals surface area contributed by atoms with E-state index in [9.17, 15) is 9.59 Å². The average Bonchev–Trinajstić information content (AvgIpc) is 3.21. The lowest BCUT2D eigenvalue weighted by Gasteiger charge is -2.14. The summed E-state index contributed by atoms with van der Waals surface area (Å²) in [5, 5.41) is 4.28. The van der Waals surface area contributed by atoms with Crippen molar-refractivity contribution in [2.45, 2.75) is 6.61 Å². The van der Waals surface area contributed by atoms with Gasteiger partial charge < -0.3 is 18.7 Å². The molecule has 4 aromatic rings.